The summed E-state index contributed by atoms with van der Waals surface area (Å²) in [6.45, 7) is 0. The van der Waals surface area contributed by atoms with Crippen LogP contribution in [0.1, 0.15) is 0 Å². The Hall–Kier alpha value is -6.28. The molecule has 0 atom stereocenters. The maximum absolute atomic E-state index is 6.16. The van der Waals surface area contributed by atoms with E-state index in [2.05, 4.69) is 19.9 Å². The van der Waals surface area contributed by atoms with Crippen molar-refractivity contribution in [2.75, 3.05) is 0 Å². The fourth-order valence-corrected chi connectivity index (χ4v) is 5.30. The summed E-state index contributed by atoms with van der Waals surface area (Å²) in [4.78, 5) is 18.6. The van der Waals surface area contributed by atoms with Crippen LogP contribution in [-0.4, -0.2) is 19.9 Å². The molecule has 0 N–H and O–H groups in total. The molecule has 0 fully saturated rings. The Morgan fingerprint density at radius 3 is 0.841 bits per heavy atom. The molecule has 5 heterocycles. The van der Waals surface area contributed by atoms with Crippen LogP contribution in [0.3, 0.4) is 0 Å². The quantitative estimate of drug-likeness (QED) is 0.178. The van der Waals surface area contributed by atoms with Gasteiger partial charge in [0.15, 0.2) is 11.3 Å². The van der Waals surface area contributed by atoms with E-state index >= 15 is 0 Å². The highest BCUT2D eigenvalue weighted by molar-refractivity contribution is 5.86. The molecule has 0 unspecified atom stereocenters. The number of pyridine rings is 4. The molecule has 12 bridgehead atoms. The Balaban J connectivity index is 1.19. The SMILES string of the molecule is c1cc2ccc3cc2cc1Oc1ccc2ccc(nc2n1)Oc1ccc2ccc(cc2c1)Oc1ccc2ccc(nc2n1)O3. The zero-order chi connectivity index (χ0) is 29.0. The highest BCUT2D eigenvalue weighted by Crippen LogP contribution is 2.33. The minimum Gasteiger partial charge on any atom is -0.439 e. The number of nitrogens with zero attached hydrogens (tertiary/aromatic N) is 4. The summed E-state index contributed by atoms with van der Waals surface area (Å²) in [5.41, 5.74) is 1.03. The van der Waals surface area contributed by atoms with Crippen LogP contribution in [0.2, 0.25) is 0 Å². The second-order valence-corrected chi connectivity index (χ2v) is 10.4. The minimum absolute atomic E-state index is 0.425. The summed E-state index contributed by atoms with van der Waals surface area (Å²) < 4.78 is 24.6. The van der Waals surface area contributed by atoms with Crippen molar-refractivity contribution in [3.63, 3.8) is 0 Å². The molecule has 44 heavy (non-hydrogen) atoms. The van der Waals surface area contributed by atoms with Gasteiger partial charge in [0.1, 0.15) is 23.0 Å². The van der Waals surface area contributed by atoms with Crippen LogP contribution in [0.5, 0.6) is 46.5 Å². The fourth-order valence-electron chi connectivity index (χ4n) is 5.30. The molecule has 0 radical (unpaired) electrons. The van der Waals surface area contributed by atoms with Gasteiger partial charge < -0.3 is 18.9 Å². The molecule has 8 aromatic rings. The maximum atomic E-state index is 6.16. The largest absolute Gasteiger partial charge is 0.439 e. The third kappa shape index (κ3) is 4.51. The van der Waals surface area contributed by atoms with Crippen LogP contribution >= 0.6 is 0 Å². The Bertz CT molecular complexity index is 1940. The van der Waals surface area contributed by atoms with Crippen molar-refractivity contribution in [2.45, 2.75) is 0 Å². The smallest absolute Gasteiger partial charge is 0.221 e. The van der Waals surface area contributed by atoms with E-state index in [1.54, 1.807) is 0 Å². The predicted octanol–water partition coefficient (Wildman–Crippen LogP) is 9.36. The van der Waals surface area contributed by atoms with Gasteiger partial charge in [0, 0.05) is 35.0 Å². The van der Waals surface area contributed by atoms with Crippen LogP contribution in [0, 0.1) is 0 Å². The molecule has 1 aliphatic rings. The molecular formula is C36H20N4O4. The van der Waals surface area contributed by atoms with Crippen molar-refractivity contribution in [1.29, 1.82) is 0 Å². The number of benzene rings is 4. The molecule has 4 aromatic heterocycles. The lowest BCUT2D eigenvalue weighted by molar-refractivity contribution is 0.459. The maximum Gasteiger partial charge on any atom is 0.221 e. The van der Waals surface area contributed by atoms with Crippen molar-refractivity contribution in [2.24, 2.45) is 0 Å². The standard InChI is InChI=1S/C36H20N4O4/c1-9-27-17-25-18-28(10-2-21(1)25)42-32-14-6-24-8-16-34(40-36(24)38-32)44-30-12-4-22-3-11-29(19-26(22)20-30)43-33-15-7-23-5-13-31(41-27)37-35(23)39-33/h1-20H. The molecular weight excluding hydrogens is 552 g/mol. The van der Waals surface area contributed by atoms with Crippen LogP contribution in [0.4, 0.5) is 0 Å². The van der Waals surface area contributed by atoms with Gasteiger partial charge in [0.2, 0.25) is 23.5 Å². The van der Waals surface area contributed by atoms with E-state index in [0.29, 0.717) is 57.8 Å². The third-order valence-electron chi connectivity index (χ3n) is 7.46. The van der Waals surface area contributed by atoms with E-state index in [-0.39, 0.29) is 0 Å². The molecule has 0 amide bonds. The summed E-state index contributed by atoms with van der Waals surface area (Å²) in [7, 11) is 0. The third-order valence-corrected chi connectivity index (χ3v) is 7.46. The Morgan fingerprint density at radius 1 is 0.273 bits per heavy atom. The van der Waals surface area contributed by atoms with Crippen molar-refractivity contribution in [3.8, 4) is 46.5 Å². The lowest BCUT2D eigenvalue weighted by atomic mass is 10.1. The Kier molecular flexibility index (Phi) is 5.33. The topological polar surface area (TPSA) is 88.5 Å². The second kappa shape index (κ2) is 9.64. The lowest BCUT2D eigenvalue weighted by Crippen LogP contribution is -1.94. The van der Waals surface area contributed by atoms with Gasteiger partial charge in [-0.2, -0.15) is 19.9 Å². The van der Waals surface area contributed by atoms with E-state index in [0.717, 1.165) is 32.3 Å². The number of ether oxygens (including phenoxy) is 4. The summed E-state index contributed by atoms with van der Waals surface area (Å²) in [6.07, 6.45) is 0. The van der Waals surface area contributed by atoms with Crippen LogP contribution < -0.4 is 18.9 Å². The van der Waals surface area contributed by atoms with E-state index in [4.69, 9.17) is 18.9 Å². The molecule has 1 aliphatic heterocycles. The zero-order valence-electron chi connectivity index (χ0n) is 23.0. The summed E-state index contributed by atoms with van der Waals surface area (Å²) in [5, 5.41) is 5.71. The first-order valence-corrected chi connectivity index (χ1v) is 14.0. The fraction of sp³-hybridized carbons (Fsp3) is 0. The molecule has 0 saturated carbocycles. The number of fused-ring (bicyclic) bond motifs is 8. The van der Waals surface area contributed by atoms with Crippen molar-refractivity contribution in [1.82, 2.24) is 19.9 Å². The first-order valence-electron chi connectivity index (χ1n) is 14.0. The van der Waals surface area contributed by atoms with Crippen molar-refractivity contribution >= 4 is 43.6 Å². The van der Waals surface area contributed by atoms with Crippen LogP contribution in [0.15, 0.2) is 121 Å². The molecule has 9 rings (SSSR count). The van der Waals surface area contributed by atoms with E-state index in [1.807, 2.05) is 121 Å². The molecule has 0 saturated heterocycles. The molecule has 0 spiro atoms. The number of hydrogen-bond donors (Lipinski definition) is 0. The van der Waals surface area contributed by atoms with Gasteiger partial charge in [-0.1, -0.05) is 24.3 Å². The van der Waals surface area contributed by atoms with Gasteiger partial charge >= 0.3 is 0 Å². The zero-order valence-corrected chi connectivity index (χ0v) is 23.0. The first kappa shape index (κ1) is 24.3. The van der Waals surface area contributed by atoms with Gasteiger partial charge in [0.25, 0.3) is 0 Å². The first-order chi connectivity index (χ1) is 21.7. The van der Waals surface area contributed by atoms with E-state index in [1.165, 1.54) is 0 Å². The predicted molar refractivity (Wildman–Crippen MR) is 167 cm³/mol. The monoisotopic (exact) mass is 572 g/mol. The number of hydrogen-bond acceptors (Lipinski definition) is 8. The van der Waals surface area contributed by atoms with E-state index < -0.39 is 0 Å². The van der Waals surface area contributed by atoms with Gasteiger partial charge in [-0.15, -0.1) is 0 Å². The Morgan fingerprint density at radius 2 is 0.545 bits per heavy atom. The molecule has 8 nitrogen and oxygen atoms in total. The summed E-state index contributed by atoms with van der Waals surface area (Å²) in [6, 6.07) is 38.4. The van der Waals surface area contributed by atoms with Gasteiger partial charge in [-0.05, 0) is 94.3 Å². The number of rotatable bonds is 0. The molecule has 4 aromatic carbocycles. The highest BCUT2D eigenvalue weighted by Gasteiger charge is 2.10. The summed E-state index contributed by atoms with van der Waals surface area (Å²) >= 11 is 0. The van der Waals surface area contributed by atoms with Gasteiger partial charge in [-0.3, -0.25) is 0 Å². The second-order valence-electron chi connectivity index (χ2n) is 10.4. The average Bonchev–Trinajstić information content (AvgIpc) is 3.04. The van der Waals surface area contributed by atoms with Crippen LogP contribution in [-0.2, 0) is 0 Å². The van der Waals surface area contributed by atoms with Gasteiger partial charge in [0.05, 0.1) is 0 Å². The molecule has 0 aliphatic carbocycles. The normalized spacial score (nSPS) is 12.4. The molecule has 8 heteroatoms. The average molecular weight is 573 g/mol. The van der Waals surface area contributed by atoms with Crippen molar-refractivity contribution < 1.29 is 18.9 Å². The van der Waals surface area contributed by atoms with Crippen molar-refractivity contribution in [3.05, 3.63) is 121 Å². The number of aromatic nitrogens is 4. The van der Waals surface area contributed by atoms with Gasteiger partial charge in [-0.25, -0.2) is 0 Å². The molecule has 208 valence electrons. The van der Waals surface area contributed by atoms with Crippen LogP contribution in [0.25, 0.3) is 43.6 Å². The Labute approximate surface area is 250 Å². The lowest BCUT2D eigenvalue weighted by Gasteiger charge is -2.11. The summed E-state index contributed by atoms with van der Waals surface area (Å²) in [5.74, 6) is 4.25. The van der Waals surface area contributed by atoms with E-state index in [9.17, 15) is 0 Å². The minimum atomic E-state index is 0.425. The highest BCUT2D eigenvalue weighted by atomic mass is 16.5.